The summed E-state index contributed by atoms with van der Waals surface area (Å²) in [5, 5.41) is 26.1. The van der Waals surface area contributed by atoms with E-state index in [9.17, 15) is 34.4 Å². The molecule has 3 aliphatic rings. The van der Waals surface area contributed by atoms with Crippen LogP contribution in [-0.2, 0) is 39.8 Å². The van der Waals surface area contributed by atoms with Crippen LogP contribution in [0, 0.1) is 16.0 Å². The Bertz CT molecular complexity index is 2120. The van der Waals surface area contributed by atoms with Crippen molar-refractivity contribution in [2.24, 2.45) is 5.92 Å². The first-order valence-corrected chi connectivity index (χ1v) is 22.9. The lowest BCUT2D eigenvalue weighted by Gasteiger charge is -2.42. The molecule has 63 heavy (non-hydrogen) atoms. The molecule has 4 bridgehead atoms. The average Bonchev–Trinajstić information content (AvgIpc) is 3.94. The molecule has 5 rings (SSSR count). The standard InChI is InChI=1S/C43H56ClN5O12S2/c1-24-12-11-13-32(58-10)43(54)22-31(59-40(53)46-43)25(2)38-42(6,61-38)33(21-36(51)48(8)29-19-27(18-24)20-30(57-9)37(29)44)60-39(52)26(3)47(7)35(50)16-17-41(4,5)63-62-34-15-14-28(23-45-34)49(55)56/h11-15,19-20,23,25-26,31-33,38,54H,16-18,21-22H2,1-10H3,(H,46,53)/b13-11+,24-12+/t25-,26+,31+,32-,33+,38+,42+,43+/m1/s1. The molecular formula is C43H56ClN5O12S2. The number of hydrogen-bond acceptors (Lipinski definition) is 15. The molecule has 1 aromatic carbocycles. The van der Waals surface area contributed by atoms with Gasteiger partial charge >= 0.3 is 12.1 Å². The van der Waals surface area contributed by atoms with Crippen LogP contribution in [0.3, 0.4) is 0 Å². The second kappa shape index (κ2) is 20.2. The van der Waals surface area contributed by atoms with Gasteiger partial charge in [0.25, 0.3) is 5.69 Å². The lowest BCUT2D eigenvalue weighted by Crippen LogP contribution is -2.63. The Kier molecular flexibility index (Phi) is 15.9. The van der Waals surface area contributed by atoms with Gasteiger partial charge < -0.3 is 38.6 Å². The summed E-state index contributed by atoms with van der Waals surface area (Å²) in [4.78, 5) is 72.1. The van der Waals surface area contributed by atoms with E-state index >= 15 is 0 Å². The van der Waals surface area contributed by atoms with Gasteiger partial charge in [-0.1, -0.05) is 53.1 Å². The van der Waals surface area contributed by atoms with Gasteiger partial charge in [-0.15, -0.1) is 0 Å². The first kappa shape index (κ1) is 49.6. The van der Waals surface area contributed by atoms with E-state index in [0.717, 1.165) is 11.1 Å². The number of aromatic nitrogens is 1. The number of aliphatic hydroxyl groups is 1. The van der Waals surface area contributed by atoms with Crippen molar-refractivity contribution in [3.8, 4) is 5.75 Å². The van der Waals surface area contributed by atoms with Crippen LogP contribution in [0.1, 0.15) is 72.8 Å². The molecule has 0 radical (unpaired) electrons. The summed E-state index contributed by atoms with van der Waals surface area (Å²) in [6.45, 7) is 10.8. The number of fused-ring (bicyclic) bond motifs is 5. The number of nitrogens with one attached hydrogen (secondary N) is 1. The number of hydrogen-bond donors (Lipinski definition) is 2. The summed E-state index contributed by atoms with van der Waals surface area (Å²) in [6.07, 6.45) is 2.33. The second-order valence-corrected chi connectivity index (χ2v) is 20.2. The number of amides is 3. The highest BCUT2D eigenvalue weighted by Gasteiger charge is 2.64. The molecule has 2 fully saturated rings. The molecule has 0 aliphatic carbocycles. The van der Waals surface area contributed by atoms with Gasteiger partial charge in [0.15, 0.2) is 5.72 Å². The van der Waals surface area contributed by atoms with Gasteiger partial charge in [0, 0.05) is 50.8 Å². The highest BCUT2D eigenvalue weighted by Crippen LogP contribution is 2.49. The number of nitro groups is 1. The van der Waals surface area contributed by atoms with Gasteiger partial charge in [0.05, 0.1) is 30.2 Å². The number of ether oxygens (including phenoxy) is 5. The third-order valence-electron chi connectivity index (χ3n) is 11.7. The van der Waals surface area contributed by atoms with Crippen molar-refractivity contribution >= 4 is 68.4 Å². The molecule has 8 atom stereocenters. The maximum atomic E-state index is 14.3. The molecule has 0 unspecified atom stereocenters. The Morgan fingerprint density at radius 2 is 1.97 bits per heavy atom. The van der Waals surface area contributed by atoms with E-state index < -0.39 is 75.3 Å². The number of esters is 1. The molecule has 2 saturated heterocycles. The van der Waals surface area contributed by atoms with Crippen LogP contribution in [0.25, 0.3) is 0 Å². The van der Waals surface area contributed by atoms with Crippen molar-refractivity contribution in [3.63, 3.8) is 0 Å². The Balaban J connectivity index is 1.38. The topological polar surface area (TPSA) is 212 Å². The first-order chi connectivity index (χ1) is 29.5. The fourth-order valence-corrected chi connectivity index (χ4v) is 10.0. The molecule has 2 N–H and O–H groups in total. The number of methoxy groups -OCH3 is 2. The first-order valence-electron chi connectivity index (χ1n) is 20.3. The monoisotopic (exact) mass is 933 g/mol. The quantitative estimate of drug-likeness (QED) is 0.0735. The summed E-state index contributed by atoms with van der Waals surface area (Å²) in [7, 11) is 8.76. The maximum Gasteiger partial charge on any atom is 0.409 e. The van der Waals surface area contributed by atoms with Crippen LogP contribution in [-0.4, -0.2) is 119 Å². The predicted molar refractivity (Wildman–Crippen MR) is 239 cm³/mol. The summed E-state index contributed by atoms with van der Waals surface area (Å²) in [5.74, 6) is -1.78. The Hall–Kier alpha value is -4.40. The zero-order chi connectivity index (χ0) is 46.6. The van der Waals surface area contributed by atoms with Gasteiger partial charge in [-0.25, -0.2) is 14.6 Å². The lowest BCUT2D eigenvalue weighted by atomic mass is 9.83. The van der Waals surface area contributed by atoms with Crippen LogP contribution in [0.5, 0.6) is 5.75 Å². The lowest BCUT2D eigenvalue weighted by molar-refractivity contribution is -0.385. The molecule has 1 aromatic heterocycles. The normalized spacial score (nSPS) is 28.3. The summed E-state index contributed by atoms with van der Waals surface area (Å²) in [6, 6.07) is 5.43. The van der Waals surface area contributed by atoms with E-state index in [1.165, 1.54) is 71.8 Å². The predicted octanol–water partition coefficient (Wildman–Crippen LogP) is 6.82. The van der Waals surface area contributed by atoms with E-state index in [2.05, 4.69) is 10.3 Å². The minimum atomic E-state index is -1.86. The number of epoxide rings is 1. The highest BCUT2D eigenvalue weighted by molar-refractivity contribution is 8.77. The molecule has 2 aromatic rings. The van der Waals surface area contributed by atoms with Crippen molar-refractivity contribution in [3.05, 3.63) is 75.0 Å². The van der Waals surface area contributed by atoms with E-state index in [-0.39, 0.29) is 35.9 Å². The molecule has 0 saturated carbocycles. The van der Waals surface area contributed by atoms with E-state index in [4.69, 9.17) is 35.3 Å². The van der Waals surface area contributed by atoms with Crippen molar-refractivity contribution in [1.82, 2.24) is 15.2 Å². The van der Waals surface area contributed by atoms with Gasteiger partial charge in [-0.05, 0) is 82.0 Å². The van der Waals surface area contributed by atoms with Crippen molar-refractivity contribution < 1.29 is 52.9 Å². The summed E-state index contributed by atoms with van der Waals surface area (Å²) < 4.78 is 29.0. The number of pyridine rings is 1. The number of alkyl carbamates (subject to hydrolysis) is 1. The number of carbonyl (C=O) groups is 4. The smallest absolute Gasteiger partial charge is 0.409 e. The Morgan fingerprint density at radius 1 is 1.25 bits per heavy atom. The fourth-order valence-electron chi connectivity index (χ4n) is 7.53. The van der Waals surface area contributed by atoms with Gasteiger partial charge in [0.2, 0.25) is 11.8 Å². The number of nitrogens with zero attached hydrogens (tertiary/aromatic N) is 4. The third-order valence-corrected chi connectivity index (χ3v) is 15.4. The number of anilines is 1. The van der Waals surface area contributed by atoms with Crippen LogP contribution in [0.2, 0.25) is 5.02 Å². The second-order valence-electron chi connectivity index (χ2n) is 16.9. The SMILES string of the molecule is COc1cc2cc(c1Cl)N(C)C(=O)C[C@H](OC(=O)[C@H](C)N(C)C(=O)CCC(C)(C)SSc1ccc([N+](=O)[O-])cn1)[C@]1(C)O[C@H]1[C@H](C)[C@@H]1C[C@@](O)(NC(=O)O1)[C@H](OC)/C=C/C=C(\C)C2. The van der Waals surface area contributed by atoms with E-state index in [1.807, 2.05) is 26.8 Å². The maximum absolute atomic E-state index is 14.3. The number of carbonyl (C=O) groups excluding carboxylic acids is 4. The molecular weight excluding hydrogens is 878 g/mol. The average molecular weight is 935 g/mol. The summed E-state index contributed by atoms with van der Waals surface area (Å²) in [5.41, 5.74) is -1.18. The molecule has 17 nitrogen and oxygen atoms in total. The zero-order valence-corrected chi connectivity index (χ0v) is 39.4. The zero-order valence-electron chi connectivity index (χ0n) is 37.0. The molecule has 3 aliphatic heterocycles. The van der Waals surface area contributed by atoms with Crippen molar-refractivity contribution in [1.29, 1.82) is 0 Å². The van der Waals surface area contributed by atoms with Crippen molar-refractivity contribution in [2.75, 3.05) is 33.2 Å². The highest BCUT2D eigenvalue weighted by atomic mass is 35.5. The Morgan fingerprint density at radius 3 is 2.60 bits per heavy atom. The number of rotatable bonds is 12. The molecule has 4 heterocycles. The minimum absolute atomic E-state index is 0.0798. The number of benzene rings is 1. The largest absolute Gasteiger partial charge is 0.495 e. The van der Waals surface area contributed by atoms with Crippen LogP contribution >= 0.6 is 33.2 Å². The van der Waals surface area contributed by atoms with Crippen LogP contribution < -0.4 is 15.0 Å². The molecule has 20 heteroatoms. The van der Waals surface area contributed by atoms with Crippen molar-refractivity contribution in [2.45, 2.75) is 125 Å². The third kappa shape index (κ3) is 11.8. The van der Waals surface area contributed by atoms with E-state index in [0.29, 0.717) is 29.3 Å². The molecule has 0 spiro atoms. The van der Waals surface area contributed by atoms with Gasteiger partial charge in [0.1, 0.15) is 51.9 Å². The number of halogens is 1. The fraction of sp³-hybridized carbons (Fsp3) is 0.558. The summed E-state index contributed by atoms with van der Waals surface area (Å²) >= 11 is 6.80. The number of allylic oxidation sites excluding steroid dienone is 3. The van der Waals surface area contributed by atoms with E-state index in [1.54, 1.807) is 51.2 Å². The van der Waals surface area contributed by atoms with Crippen LogP contribution in [0.15, 0.2) is 59.3 Å². The molecule has 3 amide bonds. The minimum Gasteiger partial charge on any atom is -0.495 e. The number of likely N-dealkylation sites (N-methyl/N-ethyl adjacent to an activating group) is 1. The van der Waals surface area contributed by atoms with Crippen LogP contribution in [0.4, 0.5) is 16.2 Å². The van der Waals surface area contributed by atoms with Gasteiger partial charge in [-0.2, -0.15) is 0 Å². The van der Waals surface area contributed by atoms with Gasteiger partial charge in [-0.3, -0.25) is 25.0 Å². The Labute approximate surface area is 380 Å². The molecule has 344 valence electrons.